The van der Waals surface area contributed by atoms with Gasteiger partial charge >= 0.3 is 0 Å². The second-order valence-electron chi connectivity index (χ2n) is 7.37. The molecule has 0 radical (unpaired) electrons. The van der Waals surface area contributed by atoms with E-state index in [1.54, 1.807) is 10.7 Å². The van der Waals surface area contributed by atoms with Gasteiger partial charge in [0, 0.05) is 24.2 Å². The minimum Gasteiger partial charge on any atom is -0.439 e. The molecular formula is C26H24N4O. The highest BCUT2D eigenvalue weighted by Crippen LogP contribution is 2.35. The predicted molar refractivity (Wildman–Crippen MR) is 123 cm³/mol. The van der Waals surface area contributed by atoms with Gasteiger partial charge in [0.05, 0.1) is 17.3 Å². The Kier molecular flexibility index (Phi) is 6.11. The summed E-state index contributed by atoms with van der Waals surface area (Å²) < 4.78 is 7.98. The van der Waals surface area contributed by atoms with Crippen molar-refractivity contribution in [1.29, 1.82) is 5.26 Å². The lowest BCUT2D eigenvalue weighted by Crippen LogP contribution is -2.00. The Morgan fingerprint density at radius 3 is 2.45 bits per heavy atom. The molecule has 3 aromatic carbocycles. The third-order valence-corrected chi connectivity index (χ3v) is 5.17. The Labute approximate surface area is 182 Å². The van der Waals surface area contributed by atoms with E-state index in [0.29, 0.717) is 23.7 Å². The number of nitrogens with zero attached hydrogens (tertiary/aromatic N) is 3. The number of ether oxygens (including phenoxy) is 1. The Balaban J connectivity index is 1.67. The topological polar surface area (TPSA) is 76.9 Å². The van der Waals surface area contributed by atoms with Crippen LogP contribution in [-0.4, -0.2) is 16.3 Å². The summed E-state index contributed by atoms with van der Waals surface area (Å²) in [5.74, 6) is 1.23. The number of rotatable bonds is 7. The third kappa shape index (κ3) is 4.66. The number of hydrogen-bond acceptors (Lipinski definition) is 4. The fraction of sp³-hybridized carbons (Fsp3) is 0.154. The average molecular weight is 409 g/mol. The van der Waals surface area contributed by atoms with Gasteiger partial charge in [-0.1, -0.05) is 54.6 Å². The van der Waals surface area contributed by atoms with Crippen LogP contribution in [0.1, 0.15) is 17.5 Å². The van der Waals surface area contributed by atoms with Gasteiger partial charge in [0.1, 0.15) is 5.75 Å². The summed E-state index contributed by atoms with van der Waals surface area (Å²) in [5, 5.41) is 14.0. The highest BCUT2D eigenvalue weighted by Gasteiger charge is 2.14. The lowest BCUT2D eigenvalue weighted by Gasteiger charge is -2.12. The van der Waals surface area contributed by atoms with Gasteiger partial charge in [-0.25, -0.2) is 4.68 Å². The highest BCUT2D eigenvalue weighted by molar-refractivity contribution is 5.72. The molecule has 5 nitrogen and oxygen atoms in total. The Morgan fingerprint density at radius 2 is 1.74 bits per heavy atom. The minimum absolute atomic E-state index is 0.545. The molecule has 0 saturated heterocycles. The molecular weight excluding hydrogens is 384 g/mol. The maximum atomic E-state index is 9.38. The van der Waals surface area contributed by atoms with Gasteiger partial charge in [-0.2, -0.15) is 10.4 Å². The summed E-state index contributed by atoms with van der Waals surface area (Å²) in [6, 6.07) is 28.0. The van der Waals surface area contributed by atoms with Crippen LogP contribution in [0, 0.1) is 11.3 Å². The van der Waals surface area contributed by atoms with Gasteiger partial charge in [-0.05, 0) is 48.7 Å². The van der Waals surface area contributed by atoms with Crippen LogP contribution in [0.3, 0.4) is 0 Å². The van der Waals surface area contributed by atoms with Gasteiger partial charge in [0.2, 0.25) is 5.88 Å². The second-order valence-corrected chi connectivity index (χ2v) is 7.37. The first-order valence-electron chi connectivity index (χ1n) is 10.3. The van der Waals surface area contributed by atoms with E-state index in [1.807, 2.05) is 55.6 Å². The quantitative estimate of drug-likeness (QED) is 0.450. The van der Waals surface area contributed by atoms with E-state index in [-0.39, 0.29) is 0 Å². The molecule has 5 heteroatoms. The SMILES string of the molecule is Cn1nc(-c2ccccc2)cc1Oc1cc(C#N)ccc1-c1ccc(CCCN)cc1. The molecule has 0 aliphatic rings. The summed E-state index contributed by atoms with van der Waals surface area (Å²) in [6.45, 7) is 0.686. The van der Waals surface area contributed by atoms with Gasteiger partial charge in [-0.3, -0.25) is 0 Å². The average Bonchev–Trinajstić information content (AvgIpc) is 3.18. The van der Waals surface area contributed by atoms with Crippen LogP contribution in [-0.2, 0) is 13.5 Å². The van der Waals surface area contributed by atoms with Crippen LogP contribution in [0.2, 0.25) is 0 Å². The van der Waals surface area contributed by atoms with Crippen molar-refractivity contribution in [3.63, 3.8) is 0 Å². The van der Waals surface area contributed by atoms with Crippen LogP contribution in [0.5, 0.6) is 11.6 Å². The number of aryl methyl sites for hydroxylation is 2. The first kappa shape index (κ1) is 20.4. The van der Waals surface area contributed by atoms with Crippen molar-refractivity contribution in [3.05, 3.63) is 90.0 Å². The van der Waals surface area contributed by atoms with E-state index in [0.717, 1.165) is 35.2 Å². The van der Waals surface area contributed by atoms with E-state index in [9.17, 15) is 5.26 Å². The van der Waals surface area contributed by atoms with Crippen molar-refractivity contribution in [2.45, 2.75) is 12.8 Å². The molecule has 4 rings (SSSR count). The summed E-state index contributed by atoms with van der Waals surface area (Å²) >= 11 is 0. The van der Waals surface area contributed by atoms with Crippen molar-refractivity contribution >= 4 is 0 Å². The molecule has 0 aliphatic carbocycles. The summed E-state index contributed by atoms with van der Waals surface area (Å²) in [6.07, 6.45) is 1.93. The first-order valence-corrected chi connectivity index (χ1v) is 10.3. The number of aromatic nitrogens is 2. The van der Waals surface area contributed by atoms with E-state index < -0.39 is 0 Å². The maximum Gasteiger partial charge on any atom is 0.218 e. The molecule has 31 heavy (non-hydrogen) atoms. The fourth-order valence-electron chi connectivity index (χ4n) is 3.48. The second kappa shape index (κ2) is 9.29. The van der Waals surface area contributed by atoms with Gasteiger partial charge in [0.25, 0.3) is 0 Å². The lowest BCUT2D eigenvalue weighted by atomic mass is 10.00. The zero-order valence-electron chi connectivity index (χ0n) is 17.5. The van der Waals surface area contributed by atoms with Gasteiger partial charge in [0.15, 0.2) is 0 Å². The molecule has 0 saturated carbocycles. The standard InChI is InChI=1S/C26H24N4O/c1-30-26(17-24(29-30)22-7-3-2-4-8-22)31-25-16-20(18-28)11-14-23(25)21-12-9-19(10-13-21)6-5-15-27/h2-4,7-14,16-17H,5-6,15,27H2,1H3. The monoisotopic (exact) mass is 408 g/mol. The third-order valence-electron chi connectivity index (χ3n) is 5.17. The van der Waals surface area contributed by atoms with E-state index in [2.05, 4.69) is 35.4 Å². The van der Waals surface area contributed by atoms with E-state index in [1.165, 1.54) is 5.56 Å². The molecule has 0 unspecified atom stereocenters. The van der Waals surface area contributed by atoms with Crippen LogP contribution < -0.4 is 10.5 Å². The Bertz CT molecular complexity index is 1200. The van der Waals surface area contributed by atoms with Gasteiger partial charge < -0.3 is 10.5 Å². The van der Waals surface area contributed by atoms with Crippen molar-refractivity contribution in [2.24, 2.45) is 12.8 Å². The predicted octanol–water partition coefficient (Wildman–Crippen LogP) is 5.31. The summed E-state index contributed by atoms with van der Waals surface area (Å²) in [4.78, 5) is 0. The smallest absolute Gasteiger partial charge is 0.218 e. The lowest BCUT2D eigenvalue weighted by molar-refractivity contribution is 0.432. The van der Waals surface area contributed by atoms with Crippen molar-refractivity contribution in [2.75, 3.05) is 6.54 Å². The number of benzene rings is 3. The van der Waals surface area contributed by atoms with Crippen LogP contribution >= 0.6 is 0 Å². The summed E-state index contributed by atoms with van der Waals surface area (Å²) in [5.41, 5.74) is 11.2. The van der Waals surface area contributed by atoms with E-state index in [4.69, 9.17) is 10.5 Å². The highest BCUT2D eigenvalue weighted by atomic mass is 16.5. The Hall–Kier alpha value is -3.88. The Morgan fingerprint density at radius 1 is 0.968 bits per heavy atom. The van der Waals surface area contributed by atoms with Crippen molar-refractivity contribution in [3.8, 4) is 40.1 Å². The first-order chi connectivity index (χ1) is 15.2. The van der Waals surface area contributed by atoms with Crippen LogP contribution in [0.4, 0.5) is 0 Å². The molecule has 0 aliphatic heterocycles. The number of hydrogen-bond donors (Lipinski definition) is 1. The van der Waals surface area contributed by atoms with E-state index >= 15 is 0 Å². The molecule has 0 fully saturated rings. The fourth-order valence-corrected chi connectivity index (χ4v) is 3.48. The van der Waals surface area contributed by atoms with Gasteiger partial charge in [-0.15, -0.1) is 0 Å². The zero-order chi connectivity index (χ0) is 21.6. The number of nitriles is 1. The molecule has 0 spiro atoms. The maximum absolute atomic E-state index is 9.38. The van der Waals surface area contributed by atoms with Crippen molar-refractivity contribution in [1.82, 2.24) is 9.78 Å². The molecule has 0 amide bonds. The van der Waals surface area contributed by atoms with Crippen molar-refractivity contribution < 1.29 is 4.74 Å². The minimum atomic E-state index is 0.545. The molecule has 0 atom stereocenters. The molecule has 1 aromatic heterocycles. The zero-order valence-corrected chi connectivity index (χ0v) is 17.5. The largest absolute Gasteiger partial charge is 0.439 e. The van der Waals surface area contributed by atoms with Crippen LogP contribution in [0.15, 0.2) is 78.9 Å². The molecule has 0 bridgehead atoms. The number of nitrogens with two attached hydrogens (primary N) is 1. The van der Waals surface area contributed by atoms with Crippen LogP contribution in [0.25, 0.3) is 22.4 Å². The molecule has 154 valence electrons. The molecule has 1 heterocycles. The normalized spacial score (nSPS) is 10.6. The molecule has 4 aromatic rings. The summed E-state index contributed by atoms with van der Waals surface area (Å²) in [7, 11) is 1.85. The molecule has 2 N–H and O–H groups in total.